The molecule has 0 rings (SSSR count). The smallest absolute Gasteiger partial charge is 0.456 e. The molecule has 0 spiro atoms. The number of hydrogen-bond donors (Lipinski definition) is 2. The second-order valence-corrected chi connectivity index (χ2v) is 20.8. The van der Waals surface area contributed by atoms with E-state index in [4.69, 9.17) is 13.8 Å². The first-order chi connectivity index (χ1) is 31.4. The number of quaternary nitrogens is 1. The molecule has 2 N–H and O–H groups in total. The van der Waals surface area contributed by atoms with E-state index in [1.807, 2.05) is 33.3 Å². The molecule has 10 heteroatoms. The summed E-state index contributed by atoms with van der Waals surface area (Å²) in [6.07, 6.45) is 53.9. The summed E-state index contributed by atoms with van der Waals surface area (Å²) < 4.78 is 30.5. The Hall–Kier alpha value is -2.03. The van der Waals surface area contributed by atoms with Crippen LogP contribution in [0, 0.1) is 0 Å². The summed E-state index contributed by atoms with van der Waals surface area (Å²) in [7, 11) is 1.48. The van der Waals surface area contributed by atoms with Crippen LogP contribution in [0.1, 0.15) is 239 Å². The molecular formula is C55H104N2O7P+. The Morgan fingerprint density at radius 3 is 1.48 bits per heavy atom. The lowest BCUT2D eigenvalue weighted by Gasteiger charge is -2.27. The highest BCUT2D eigenvalue weighted by Crippen LogP contribution is 2.43. The summed E-state index contributed by atoms with van der Waals surface area (Å²) in [6, 6.07) is -0.852. The molecule has 0 aromatic carbocycles. The van der Waals surface area contributed by atoms with Crippen molar-refractivity contribution in [3.8, 4) is 0 Å². The van der Waals surface area contributed by atoms with Crippen molar-refractivity contribution >= 4 is 19.7 Å². The number of phosphoric ester groups is 1. The van der Waals surface area contributed by atoms with Gasteiger partial charge in [-0.3, -0.25) is 18.6 Å². The highest BCUT2D eigenvalue weighted by atomic mass is 31.2. The van der Waals surface area contributed by atoms with Crippen molar-refractivity contribution in [1.29, 1.82) is 0 Å². The fraction of sp³-hybridized carbons (Fsp3) is 0.818. The fourth-order valence-electron chi connectivity index (χ4n) is 7.60. The zero-order valence-corrected chi connectivity index (χ0v) is 44.1. The summed E-state index contributed by atoms with van der Waals surface area (Å²) in [4.78, 5) is 37.4. The van der Waals surface area contributed by atoms with Crippen molar-refractivity contribution in [2.45, 2.75) is 251 Å². The van der Waals surface area contributed by atoms with Crippen LogP contribution < -0.4 is 5.32 Å². The van der Waals surface area contributed by atoms with Gasteiger partial charge in [0.25, 0.3) is 0 Å². The molecule has 0 aliphatic heterocycles. The van der Waals surface area contributed by atoms with E-state index in [1.54, 1.807) is 0 Å². The van der Waals surface area contributed by atoms with Crippen LogP contribution in [-0.2, 0) is 27.9 Å². The summed E-state index contributed by atoms with van der Waals surface area (Å²) in [5.41, 5.74) is 0. The number of ether oxygens (including phenoxy) is 1. The minimum absolute atomic E-state index is 0.0370. The van der Waals surface area contributed by atoms with Crippen molar-refractivity contribution < 1.29 is 37.3 Å². The van der Waals surface area contributed by atoms with E-state index < -0.39 is 20.0 Å². The van der Waals surface area contributed by atoms with Crippen molar-refractivity contribution in [2.75, 3.05) is 40.9 Å². The van der Waals surface area contributed by atoms with Gasteiger partial charge in [-0.25, -0.2) is 4.57 Å². The highest BCUT2D eigenvalue weighted by molar-refractivity contribution is 7.47. The van der Waals surface area contributed by atoms with Gasteiger partial charge in [-0.05, 0) is 63.9 Å². The van der Waals surface area contributed by atoms with Gasteiger partial charge < -0.3 is 19.4 Å². The Kier molecular flexibility index (Phi) is 44.3. The largest absolute Gasteiger partial charge is 0.472 e. The molecule has 0 saturated carbocycles. The van der Waals surface area contributed by atoms with E-state index in [1.165, 1.54) is 116 Å². The third-order valence-electron chi connectivity index (χ3n) is 11.8. The summed E-state index contributed by atoms with van der Waals surface area (Å²) >= 11 is 0. The lowest BCUT2D eigenvalue weighted by molar-refractivity contribution is -0.870. The third kappa shape index (κ3) is 46.9. The maximum absolute atomic E-state index is 13.4. The Labute approximate surface area is 401 Å². The molecule has 380 valence electrons. The van der Waals surface area contributed by atoms with Gasteiger partial charge >= 0.3 is 13.8 Å². The number of nitrogens with zero attached hydrogens (tertiary/aromatic N) is 1. The van der Waals surface area contributed by atoms with Gasteiger partial charge in [0.05, 0.1) is 33.8 Å². The lowest BCUT2D eigenvalue weighted by atomic mass is 10.0. The fourth-order valence-corrected chi connectivity index (χ4v) is 8.34. The van der Waals surface area contributed by atoms with Crippen molar-refractivity contribution in [3.05, 3.63) is 48.6 Å². The molecule has 0 aliphatic rings. The zero-order valence-electron chi connectivity index (χ0n) is 43.2. The standard InChI is InChI=1S/C55H103N2O7P/c1-7-10-13-16-19-22-25-27-29-32-35-38-41-44-47-54(58)56-52(51-63-65(60,61)62-50-49-57(4,5)6)53(46-43-40-37-34-31-24-21-18-15-12-9-3)64-55(59)48-45-42-39-36-33-30-28-26-23-20-17-14-11-8-2/h11,14,20,23,28,30,43,46,52-53H,7-10,12-13,15-19,21-22,24-27,29,31-42,44-45,47-51H2,1-6H3,(H-,56,58,60,61)/p+1/b14-11+,23-20+,30-28+,46-43+. The molecule has 0 heterocycles. The molecule has 1 amide bonds. The van der Waals surface area contributed by atoms with Crippen molar-refractivity contribution in [1.82, 2.24) is 5.32 Å². The van der Waals surface area contributed by atoms with Gasteiger partial charge in [-0.15, -0.1) is 0 Å². The highest BCUT2D eigenvalue weighted by Gasteiger charge is 2.30. The summed E-state index contributed by atoms with van der Waals surface area (Å²) in [6.45, 7) is 6.87. The second-order valence-electron chi connectivity index (χ2n) is 19.4. The lowest BCUT2D eigenvalue weighted by Crippen LogP contribution is -2.47. The Morgan fingerprint density at radius 1 is 0.554 bits per heavy atom. The van der Waals surface area contributed by atoms with Crippen LogP contribution in [0.15, 0.2) is 48.6 Å². The number of esters is 1. The Balaban J connectivity index is 5.41. The molecule has 0 radical (unpaired) electrons. The number of rotatable bonds is 48. The molecule has 0 aliphatic carbocycles. The second kappa shape index (κ2) is 45.7. The van der Waals surface area contributed by atoms with Crippen LogP contribution in [0.4, 0.5) is 0 Å². The van der Waals surface area contributed by atoms with Crippen LogP contribution in [0.3, 0.4) is 0 Å². The number of allylic oxidation sites excluding steroid dienone is 7. The van der Waals surface area contributed by atoms with E-state index in [0.29, 0.717) is 23.9 Å². The van der Waals surface area contributed by atoms with E-state index in [2.05, 4.69) is 62.5 Å². The van der Waals surface area contributed by atoms with Crippen LogP contribution in [0.5, 0.6) is 0 Å². The minimum atomic E-state index is -4.44. The molecule has 65 heavy (non-hydrogen) atoms. The normalized spacial score (nSPS) is 14.3. The number of likely N-dealkylation sites (N-methyl/N-ethyl adjacent to an activating group) is 1. The third-order valence-corrected chi connectivity index (χ3v) is 12.8. The Bertz CT molecular complexity index is 1260. The monoisotopic (exact) mass is 936 g/mol. The predicted octanol–water partition coefficient (Wildman–Crippen LogP) is 15.8. The maximum atomic E-state index is 13.4. The van der Waals surface area contributed by atoms with Crippen LogP contribution >= 0.6 is 7.82 Å². The van der Waals surface area contributed by atoms with E-state index in [0.717, 1.165) is 83.5 Å². The van der Waals surface area contributed by atoms with Crippen LogP contribution in [0.2, 0.25) is 0 Å². The number of hydrogen-bond acceptors (Lipinski definition) is 6. The van der Waals surface area contributed by atoms with Gasteiger partial charge in [-0.2, -0.15) is 0 Å². The number of nitrogens with one attached hydrogen (secondary N) is 1. The molecule has 0 aromatic rings. The predicted molar refractivity (Wildman–Crippen MR) is 277 cm³/mol. The van der Waals surface area contributed by atoms with E-state index in [-0.39, 0.29) is 31.5 Å². The van der Waals surface area contributed by atoms with Crippen LogP contribution in [0.25, 0.3) is 0 Å². The molecule has 3 unspecified atom stereocenters. The first-order valence-electron chi connectivity index (χ1n) is 27.0. The number of phosphoric acid groups is 1. The van der Waals surface area contributed by atoms with Gasteiger partial charge in [-0.1, -0.05) is 211 Å². The number of carbonyl (C=O) groups excluding carboxylic acids is 2. The van der Waals surface area contributed by atoms with E-state index >= 15 is 0 Å². The summed E-state index contributed by atoms with van der Waals surface area (Å²) in [5.74, 6) is -0.528. The van der Waals surface area contributed by atoms with Crippen molar-refractivity contribution in [2.24, 2.45) is 0 Å². The number of amides is 1. The Morgan fingerprint density at radius 2 is 0.985 bits per heavy atom. The first-order valence-corrected chi connectivity index (χ1v) is 28.5. The molecule has 0 saturated heterocycles. The van der Waals surface area contributed by atoms with Crippen LogP contribution in [-0.4, -0.2) is 74.3 Å². The zero-order chi connectivity index (χ0) is 48.0. The molecule has 9 nitrogen and oxygen atoms in total. The van der Waals surface area contributed by atoms with E-state index in [9.17, 15) is 19.0 Å². The minimum Gasteiger partial charge on any atom is -0.456 e. The van der Waals surface area contributed by atoms with Gasteiger partial charge in [0.2, 0.25) is 5.91 Å². The van der Waals surface area contributed by atoms with Gasteiger partial charge in [0, 0.05) is 12.8 Å². The van der Waals surface area contributed by atoms with Crippen molar-refractivity contribution in [3.63, 3.8) is 0 Å². The molecule has 0 bridgehead atoms. The average molecular weight is 936 g/mol. The quantitative estimate of drug-likeness (QED) is 0.0205. The number of carbonyl (C=O) groups is 2. The average Bonchev–Trinajstić information content (AvgIpc) is 3.26. The molecule has 0 aromatic heterocycles. The molecule has 0 fully saturated rings. The first kappa shape index (κ1) is 63.0. The maximum Gasteiger partial charge on any atom is 0.472 e. The van der Waals surface area contributed by atoms with Gasteiger partial charge in [0.1, 0.15) is 19.3 Å². The molecule has 3 atom stereocenters. The summed E-state index contributed by atoms with van der Waals surface area (Å²) in [5, 5.41) is 3.03. The topological polar surface area (TPSA) is 111 Å². The SMILES string of the molecule is CC/C=C/C/C=C/C/C=C/CCCCCCC(=O)OC(/C=C/CCCCCCCCCCC)C(COP(=O)(O)OCC[N+](C)(C)C)NC(=O)CCCCCCCCCCCCCCCC. The van der Waals surface area contributed by atoms with Gasteiger partial charge in [0.15, 0.2) is 0 Å². The number of unbranched alkanes of at least 4 members (excludes halogenated alkanes) is 26. The molecular weight excluding hydrogens is 832 g/mol.